The number of Topliss-reactive ketones (excluding diaryl/α,β-unsaturated/α-hetero) is 1. The molecule has 1 rings (SSSR count). The first-order valence-electron chi connectivity index (χ1n) is 6.15. The molecular weight excluding hydrogens is 233 g/mol. The van der Waals surface area contributed by atoms with E-state index in [9.17, 15) is 9.18 Å². The topological polar surface area (TPSA) is 38.3 Å². The molecule has 1 aromatic carbocycles. The first kappa shape index (κ1) is 14.6. The average molecular weight is 253 g/mol. The summed E-state index contributed by atoms with van der Waals surface area (Å²) in [7, 11) is 1.41. The van der Waals surface area contributed by atoms with Gasteiger partial charge in [0.25, 0.3) is 0 Å². The van der Waals surface area contributed by atoms with Gasteiger partial charge >= 0.3 is 0 Å². The molecule has 0 spiro atoms. The molecule has 1 N–H and O–H groups in total. The van der Waals surface area contributed by atoms with Crippen LogP contribution in [-0.2, 0) is 11.2 Å². The second kappa shape index (κ2) is 7.11. The highest BCUT2D eigenvalue weighted by Gasteiger charge is 2.16. The van der Waals surface area contributed by atoms with Crippen LogP contribution in [0.25, 0.3) is 0 Å². The van der Waals surface area contributed by atoms with Gasteiger partial charge in [-0.1, -0.05) is 26.0 Å². The van der Waals surface area contributed by atoms with E-state index in [2.05, 4.69) is 5.32 Å². The third kappa shape index (κ3) is 3.81. The van der Waals surface area contributed by atoms with Gasteiger partial charge in [-0.2, -0.15) is 0 Å². The molecule has 0 amide bonds. The van der Waals surface area contributed by atoms with Crippen molar-refractivity contribution in [2.24, 2.45) is 5.92 Å². The van der Waals surface area contributed by atoms with Gasteiger partial charge in [0, 0.05) is 18.9 Å². The lowest BCUT2D eigenvalue weighted by atomic mass is 9.99. The van der Waals surface area contributed by atoms with E-state index in [-0.39, 0.29) is 23.9 Å². The van der Waals surface area contributed by atoms with Crippen molar-refractivity contribution in [2.75, 3.05) is 20.2 Å². The van der Waals surface area contributed by atoms with Crippen LogP contribution >= 0.6 is 0 Å². The highest BCUT2D eigenvalue weighted by atomic mass is 19.1. The smallest absolute Gasteiger partial charge is 0.168 e. The lowest BCUT2D eigenvalue weighted by Crippen LogP contribution is -2.27. The molecule has 0 aromatic heterocycles. The number of hydrogen-bond donors (Lipinski definition) is 1. The van der Waals surface area contributed by atoms with E-state index in [4.69, 9.17) is 4.74 Å². The van der Waals surface area contributed by atoms with Gasteiger partial charge < -0.3 is 10.1 Å². The summed E-state index contributed by atoms with van der Waals surface area (Å²) in [5.74, 6) is -0.345. The molecule has 4 heteroatoms. The monoisotopic (exact) mass is 253 g/mol. The maximum absolute atomic E-state index is 13.9. The van der Waals surface area contributed by atoms with Gasteiger partial charge in [0.1, 0.15) is 5.78 Å². The fourth-order valence-electron chi connectivity index (χ4n) is 1.69. The van der Waals surface area contributed by atoms with E-state index < -0.39 is 5.82 Å². The third-order valence-corrected chi connectivity index (χ3v) is 2.88. The van der Waals surface area contributed by atoms with Crippen LogP contribution in [0.4, 0.5) is 4.39 Å². The second-order valence-corrected chi connectivity index (χ2v) is 4.29. The zero-order chi connectivity index (χ0) is 13.5. The fraction of sp³-hybridized carbons (Fsp3) is 0.500. The first-order valence-corrected chi connectivity index (χ1v) is 6.15. The van der Waals surface area contributed by atoms with E-state index in [0.717, 1.165) is 6.54 Å². The summed E-state index contributed by atoms with van der Waals surface area (Å²) in [6, 6.07) is 4.86. The van der Waals surface area contributed by atoms with Crippen LogP contribution in [-0.4, -0.2) is 26.0 Å². The Balaban J connectivity index is 2.70. The maximum Gasteiger partial charge on any atom is 0.168 e. The molecule has 1 unspecified atom stereocenters. The van der Waals surface area contributed by atoms with E-state index in [1.165, 1.54) is 7.11 Å². The minimum Gasteiger partial charge on any atom is -0.494 e. The summed E-state index contributed by atoms with van der Waals surface area (Å²) in [6.45, 7) is 5.29. The van der Waals surface area contributed by atoms with E-state index in [1.807, 2.05) is 13.8 Å². The Hall–Kier alpha value is -1.42. The Kier molecular flexibility index (Phi) is 5.78. The number of carbonyl (C=O) groups is 1. The summed E-state index contributed by atoms with van der Waals surface area (Å²) in [4.78, 5) is 11.9. The molecule has 0 fully saturated rings. The molecule has 3 nitrogen and oxygen atoms in total. The Morgan fingerprint density at radius 2 is 2.22 bits per heavy atom. The molecule has 0 saturated heterocycles. The van der Waals surface area contributed by atoms with Gasteiger partial charge in [-0.25, -0.2) is 4.39 Å². The highest BCUT2D eigenvalue weighted by molar-refractivity contribution is 5.83. The van der Waals surface area contributed by atoms with E-state index in [0.29, 0.717) is 12.1 Å². The number of ether oxygens (including phenoxy) is 1. The van der Waals surface area contributed by atoms with Gasteiger partial charge in [0.05, 0.1) is 7.11 Å². The molecule has 0 aliphatic rings. The number of ketones is 1. The largest absolute Gasteiger partial charge is 0.494 e. The summed E-state index contributed by atoms with van der Waals surface area (Å²) >= 11 is 0. The molecule has 0 saturated carbocycles. The SMILES string of the molecule is CCNCC(C)C(=O)Cc1cccc(OC)c1F. The standard InChI is InChI=1S/C14H20FNO2/c1-4-16-9-10(2)12(17)8-11-6-5-7-13(18-3)14(11)15/h5-7,10,16H,4,8-9H2,1-3H3. The minimum atomic E-state index is -0.441. The van der Waals surface area contributed by atoms with Crippen LogP contribution in [0.3, 0.4) is 0 Å². The average Bonchev–Trinajstić information content (AvgIpc) is 2.38. The molecule has 0 aliphatic heterocycles. The zero-order valence-electron chi connectivity index (χ0n) is 11.1. The van der Waals surface area contributed by atoms with Crippen LogP contribution in [0.15, 0.2) is 18.2 Å². The van der Waals surface area contributed by atoms with Crippen LogP contribution in [0.1, 0.15) is 19.4 Å². The van der Waals surface area contributed by atoms with Gasteiger partial charge in [0.15, 0.2) is 11.6 Å². The van der Waals surface area contributed by atoms with Crippen molar-refractivity contribution >= 4 is 5.78 Å². The Bertz CT molecular complexity index is 407. The summed E-state index contributed by atoms with van der Waals surface area (Å²) in [5, 5.41) is 3.11. The van der Waals surface area contributed by atoms with Gasteiger partial charge in [-0.05, 0) is 18.2 Å². The van der Waals surface area contributed by atoms with Gasteiger partial charge in [-0.3, -0.25) is 4.79 Å². The minimum absolute atomic E-state index is 0.0307. The van der Waals surface area contributed by atoms with Gasteiger partial charge in [0.2, 0.25) is 0 Å². The lowest BCUT2D eigenvalue weighted by molar-refractivity contribution is -0.121. The van der Waals surface area contributed by atoms with Crippen LogP contribution < -0.4 is 10.1 Å². The normalized spacial score (nSPS) is 12.2. The van der Waals surface area contributed by atoms with Crippen molar-refractivity contribution in [2.45, 2.75) is 20.3 Å². The third-order valence-electron chi connectivity index (χ3n) is 2.88. The molecule has 0 aliphatic carbocycles. The maximum atomic E-state index is 13.9. The Labute approximate surface area is 107 Å². The molecule has 0 heterocycles. The molecular formula is C14H20FNO2. The summed E-state index contributed by atoms with van der Waals surface area (Å²) in [5.41, 5.74) is 0.391. The Morgan fingerprint density at radius 1 is 1.50 bits per heavy atom. The predicted octanol–water partition coefficient (Wildman–Crippen LogP) is 2.19. The van der Waals surface area contributed by atoms with Crippen molar-refractivity contribution in [3.63, 3.8) is 0 Å². The van der Waals surface area contributed by atoms with Crippen molar-refractivity contribution in [1.82, 2.24) is 5.32 Å². The van der Waals surface area contributed by atoms with Crippen molar-refractivity contribution in [3.8, 4) is 5.75 Å². The number of hydrogen-bond acceptors (Lipinski definition) is 3. The quantitative estimate of drug-likeness (QED) is 0.809. The van der Waals surface area contributed by atoms with Gasteiger partial charge in [-0.15, -0.1) is 0 Å². The molecule has 0 bridgehead atoms. The van der Waals surface area contributed by atoms with Crippen LogP contribution in [0.2, 0.25) is 0 Å². The second-order valence-electron chi connectivity index (χ2n) is 4.29. The van der Waals surface area contributed by atoms with E-state index in [1.54, 1.807) is 18.2 Å². The number of methoxy groups -OCH3 is 1. The van der Waals surface area contributed by atoms with E-state index >= 15 is 0 Å². The molecule has 18 heavy (non-hydrogen) atoms. The van der Waals surface area contributed by atoms with Crippen molar-refractivity contribution in [3.05, 3.63) is 29.6 Å². The predicted molar refractivity (Wildman–Crippen MR) is 69.4 cm³/mol. The van der Waals surface area contributed by atoms with Crippen LogP contribution in [0.5, 0.6) is 5.75 Å². The molecule has 0 radical (unpaired) electrons. The summed E-state index contributed by atoms with van der Waals surface area (Å²) < 4.78 is 18.7. The van der Waals surface area contributed by atoms with Crippen LogP contribution in [0, 0.1) is 11.7 Å². The Morgan fingerprint density at radius 3 is 2.83 bits per heavy atom. The van der Waals surface area contributed by atoms with Crippen molar-refractivity contribution in [1.29, 1.82) is 0 Å². The number of nitrogens with one attached hydrogen (secondary N) is 1. The number of halogens is 1. The summed E-state index contributed by atoms with van der Waals surface area (Å²) in [6.07, 6.45) is 0.107. The number of carbonyl (C=O) groups excluding carboxylic acids is 1. The lowest BCUT2D eigenvalue weighted by Gasteiger charge is -2.12. The highest BCUT2D eigenvalue weighted by Crippen LogP contribution is 2.21. The molecule has 1 aromatic rings. The first-order chi connectivity index (χ1) is 8.60. The zero-order valence-corrected chi connectivity index (χ0v) is 11.1. The van der Waals surface area contributed by atoms with Crippen molar-refractivity contribution < 1.29 is 13.9 Å². The molecule has 100 valence electrons. The fourth-order valence-corrected chi connectivity index (χ4v) is 1.69. The number of rotatable bonds is 7. The number of benzene rings is 1. The molecule has 1 atom stereocenters.